The fourth-order valence-electron chi connectivity index (χ4n) is 2.39. The largest absolute Gasteiger partial charge is 0.481 e. The lowest BCUT2D eigenvalue weighted by Crippen LogP contribution is -2.35. The number of nitrogens with zero attached hydrogens (tertiary/aromatic N) is 2. The SMILES string of the molecule is COc1ncccc1CN1CCCC(CCl)C1. The molecule has 1 unspecified atom stereocenters. The fourth-order valence-corrected chi connectivity index (χ4v) is 2.64. The predicted octanol–water partition coefficient (Wildman–Crippen LogP) is 2.54. The fraction of sp³-hybridized carbons (Fsp3) is 0.615. The smallest absolute Gasteiger partial charge is 0.217 e. The molecule has 0 N–H and O–H groups in total. The highest BCUT2D eigenvalue weighted by Gasteiger charge is 2.20. The van der Waals surface area contributed by atoms with Crippen LogP contribution >= 0.6 is 11.6 Å². The molecule has 1 saturated heterocycles. The standard InChI is InChI=1S/C13H19ClN2O/c1-17-13-12(5-2-6-15-13)10-16-7-3-4-11(8-14)9-16/h2,5-6,11H,3-4,7-10H2,1H3. The Morgan fingerprint density at radius 3 is 3.24 bits per heavy atom. The molecule has 0 aliphatic carbocycles. The first-order valence-electron chi connectivity index (χ1n) is 6.09. The summed E-state index contributed by atoms with van der Waals surface area (Å²) >= 11 is 5.94. The van der Waals surface area contributed by atoms with Crippen LogP contribution in [0.25, 0.3) is 0 Å². The second-order valence-corrected chi connectivity index (χ2v) is 4.88. The maximum absolute atomic E-state index is 5.94. The summed E-state index contributed by atoms with van der Waals surface area (Å²) in [4.78, 5) is 6.67. The molecule has 0 aromatic carbocycles. The number of halogens is 1. The van der Waals surface area contributed by atoms with Crippen molar-refractivity contribution >= 4 is 11.6 Å². The summed E-state index contributed by atoms with van der Waals surface area (Å²) in [6, 6.07) is 4.04. The van der Waals surface area contributed by atoms with E-state index in [1.165, 1.54) is 12.8 Å². The van der Waals surface area contributed by atoms with Gasteiger partial charge in [-0.05, 0) is 31.4 Å². The third-order valence-electron chi connectivity index (χ3n) is 3.26. The summed E-state index contributed by atoms with van der Waals surface area (Å²) in [6.07, 6.45) is 4.25. The number of rotatable bonds is 4. The molecular formula is C13H19ClN2O. The van der Waals surface area contributed by atoms with Crippen LogP contribution in [-0.4, -0.2) is 36.0 Å². The molecule has 0 amide bonds. The van der Waals surface area contributed by atoms with Crippen molar-refractivity contribution in [2.75, 3.05) is 26.1 Å². The minimum absolute atomic E-state index is 0.632. The Balaban J connectivity index is 2.00. The second kappa shape index (κ2) is 6.22. The van der Waals surface area contributed by atoms with Gasteiger partial charge in [-0.25, -0.2) is 4.98 Å². The van der Waals surface area contributed by atoms with E-state index in [0.29, 0.717) is 5.92 Å². The molecule has 17 heavy (non-hydrogen) atoms. The van der Waals surface area contributed by atoms with E-state index < -0.39 is 0 Å². The number of methoxy groups -OCH3 is 1. The van der Waals surface area contributed by atoms with E-state index in [0.717, 1.165) is 37.0 Å². The number of ether oxygens (including phenoxy) is 1. The number of piperidine rings is 1. The van der Waals surface area contributed by atoms with Gasteiger partial charge in [0.2, 0.25) is 5.88 Å². The maximum atomic E-state index is 5.94. The summed E-state index contributed by atoms with van der Waals surface area (Å²) in [6.45, 7) is 3.14. The van der Waals surface area contributed by atoms with Gasteiger partial charge < -0.3 is 4.74 Å². The molecule has 0 radical (unpaired) electrons. The number of likely N-dealkylation sites (tertiary alicyclic amines) is 1. The van der Waals surface area contributed by atoms with Gasteiger partial charge in [-0.15, -0.1) is 11.6 Å². The van der Waals surface area contributed by atoms with Crippen LogP contribution < -0.4 is 4.74 Å². The van der Waals surface area contributed by atoms with Crippen molar-refractivity contribution in [3.63, 3.8) is 0 Å². The van der Waals surface area contributed by atoms with E-state index in [1.54, 1.807) is 13.3 Å². The molecule has 1 aromatic heterocycles. The zero-order valence-electron chi connectivity index (χ0n) is 10.2. The quantitative estimate of drug-likeness (QED) is 0.773. The average molecular weight is 255 g/mol. The van der Waals surface area contributed by atoms with Crippen LogP contribution in [0.5, 0.6) is 5.88 Å². The molecule has 1 fully saturated rings. The molecule has 4 heteroatoms. The van der Waals surface area contributed by atoms with Gasteiger partial charge in [0, 0.05) is 30.7 Å². The highest BCUT2D eigenvalue weighted by Crippen LogP contribution is 2.22. The molecule has 0 saturated carbocycles. The molecule has 0 bridgehead atoms. The predicted molar refractivity (Wildman–Crippen MR) is 69.5 cm³/mol. The lowest BCUT2D eigenvalue weighted by molar-refractivity contribution is 0.176. The van der Waals surface area contributed by atoms with E-state index >= 15 is 0 Å². The Hall–Kier alpha value is -0.800. The summed E-state index contributed by atoms with van der Waals surface area (Å²) in [5.74, 6) is 2.13. The Kier molecular flexibility index (Phi) is 4.63. The third kappa shape index (κ3) is 3.33. The van der Waals surface area contributed by atoms with Crippen molar-refractivity contribution in [1.82, 2.24) is 9.88 Å². The number of aromatic nitrogens is 1. The Morgan fingerprint density at radius 1 is 1.59 bits per heavy atom. The van der Waals surface area contributed by atoms with Crippen LogP contribution in [0, 0.1) is 5.92 Å². The highest BCUT2D eigenvalue weighted by atomic mass is 35.5. The molecule has 1 aliphatic heterocycles. The summed E-state index contributed by atoms with van der Waals surface area (Å²) < 4.78 is 5.28. The van der Waals surface area contributed by atoms with Gasteiger partial charge in [0.15, 0.2) is 0 Å². The number of alkyl halides is 1. The minimum Gasteiger partial charge on any atom is -0.481 e. The topological polar surface area (TPSA) is 25.4 Å². The van der Waals surface area contributed by atoms with Crippen molar-refractivity contribution in [3.8, 4) is 5.88 Å². The Morgan fingerprint density at radius 2 is 2.47 bits per heavy atom. The van der Waals surface area contributed by atoms with Crippen LogP contribution in [0.4, 0.5) is 0 Å². The molecule has 2 heterocycles. The van der Waals surface area contributed by atoms with E-state index in [-0.39, 0.29) is 0 Å². The van der Waals surface area contributed by atoms with Crippen molar-refractivity contribution < 1.29 is 4.74 Å². The summed E-state index contributed by atoms with van der Waals surface area (Å²) in [7, 11) is 1.67. The van der Waals surface area contributed by atoms with E-state index in [9.17, 15) is 0 Å². The average Bonchev–Trinajstić information content (AvgIpc) is 2.39. The Bertz CT molecular complexity index is 359. The van der Waals surface area contributed by atoms with Crippen molar-refractivity contribution in [2.45, 2.75) is 19.4 Å². The first-order chi connectivity index (χ1) is 8.33. The number of pyridine rings is 1. The van der Waals surface area contributed by atoms with Crippen LogP contribution in [0.15, 0.2) is 18.3 Å². The normalized spacial score (nSPS) is 21.4. The molecular weight excluding hydrogens is 236 g/mol. The highest BCUT2D eigenvalue weighted by molar-refractivity contribution is 6.18. The Labute approximate surface area is 108 Å². The van der Waals surface area contributed by atoms with Gasteiger partial charge >= 0.3 is 0 Å². The second-order valence-electron chi connectivity index (χ2n) is 4.57. The van der Waals surface area contributed by atoms with Crippen LogP contribution in [0.2, 0.25) is 0 Å². The van der Waals surface area contributed by atoms with Gasteiger partial charge in [0.05, 0.1) is 7.11 Å². The third-order valence-corrected chi connectivity index (χ3v) is 3.70. The number of hydrogen-bond donors (Lipinski definition) is 0. The monoisotopic (exact) mass is 254 g/mol. The van der Waals surface area contributed by atoms with E-state index in [2.05, 4.69) is 16.0 Å². The van der Waals surface area contributed by atoms with Crippen LogP contribution in [0.1, 0.15) is 18.4 Å². The molecule has 94 valence electrons. The van der Waals surface area contributed by atoms with Crippen molar-refractivity contribution in [2.24, 2.45) is 5.92 Å². The zero-order chi connectivity index (χ0) is 12.1. The summed E-state index contributed by atoms with van der Waals surface area (Å²) in [5.41, 5.74) is 1.16. The van der Waals surface area contributed by atoms with Crippen molar-refractivity contribution in [1.29, 1.82) is 0 Å². The van der Waals surface area contributed by atoms with E-state index in [4.69, 9.17) is 16.3 Å². The minimum atomic E-state index is 0.632. The van der Waals surface area contributed by atoms with Gasteiger partial charge in [-0.1, -0.05) is 6.07 Å². The van der Waals surface area contributed by atoms with Crippen molar-refractivity contribution in [3.05, 3.63) is 23.9 Å². The lowest BCUT2D eigenvalue weighted by Gasteiger charge is -2.31. The van der Waals surface area contributed by atoms with Gasteiger partial charge in [0.25, 0.3) is 0 Å². The molecule has 3 nitrogen and oxygen atoms in total. The van der Waals surface area contributed by atoms with Crippen LogP contribution in [-0.2, 0) is 6.54 Å². The maximum Gasteiger partial charge on any atom is 0.217 e. The molecule has 1 aliphatic rings. The van der Waals surface area contributed by atoms with Gasteiger partial charge in [-0.3, -0.25) is 4.90 Å². The number of hydrogen-bond acceptors (Lipinski definition) is 3. The first-order valence-corrected chi connectivity index (χ1v) is 6.63. The molecule has 1 atom stereocenters. The summed E-state index contributed by atoms with van der Waals surface area (Å²) in [5, 5.41) is 0. The van der Waals surface area contributed by atoms with E-state index in [1.807, 2.05) is 6.07 Å². The molecule has 0 spiro atoms. The van der Waals surface area contributed by atoms with Gasteiger partial charge in [-0.2, -0.15) is 0 Å². The molecule has 1 aromatic rings. The van der Waals surface area contributed by atoms with Crippen LogP contribution in [0.3, 0.4) is 0 Å². The molecule has 2 rings (SSSR count). The lowest BCUT2D eigenvalue weighted by atomic mass is 10.00. The zero-order valence-corrected chi connectivity index (χ0v) is 11.0. The van der Waals surface area contributed by atoms with Gasteiger partial charge in [0.1, 0.15) is 0 Å². The first kappa shape index (κ1) is 12.7.